The van der Waals surface area contributed by atoms with Gasteiger partial charge in [-0.15, -0.1) is 0 Å². The Bertz CT molecular complexity index is 1750. The average Bonchev–Trinajstić information content (AvgIpc) is 3.64. The van der Waals surface area contributed by atoms with Gasteiger partial charge in [0.05, 0.1) is 26.4 Å². The van der Waals surface area contributed by atoms with Crippen LogP contribution in [0.3, 0.4) is 0 Å². The Kier molecular flexibility index (Phi) is 61.8. The quantitative estimate of drug-likeness (QED) is 0.0222. The molecule has 0 radical (unpaired) electrons. The van der Waals surface area contributed by atoms with Crippen LogP contribution in [0.25, 0.3) is 0 Å². The fraction of sp³-hybridized carbons (Fsp3) is 0.944. The summed E-state index contributed by atoms with van der Waals surface area (Å²) < 4.78 is 68.1. The first-order valence-electron chi connectivity index (χ1n) is 37.0. The van der Waals surface area contributed by atoms with E-state index >= 15 is 0 Å². The summed E-state index contributed by atoms with van der Waals surface area (Å²) in [7, 11) is -9.89. The van der Waals surface area contributed by atoms with E-state index in [-0.39, 0.29) is 25.7 Å². The SMILES string of the molecule is CCCCCCCCCCCCCCC(=O)OC[C@H](COP(=O)(O)OC[C@@H](O)COP(=O)(O)OC[C@@H](COC(=O)CCCCCCCCC)OC(=O)CCCCCCCCCC(C)C)OC(=O)CCCCCCCCCCCCCCCCCCCCC(C)C. The summed E-state index contributed by atoms with van der Waals surface area (Å²) in [5, 5.41) is 10.6. The van der Waals surface area contributed by atoms with Gasteiger partial charge in [0.15, 0.2) is 12.2 Å². The Morgan fingerprint density at radius 3 is 0.756 bits per heavy atom. The third-order valence-electron chi connectivity index (χ3n) is 16.5. The number of hydrogen-bond acceptors (Lipinski definition) is 15. The van der Waals surface area contributed by atoms with E-state index in [2.05, 4.69) is 41.5 Å². The molecule has 2 unspecified atom stereocenters. The summed E-state index contributed by atoms with van der Waals surface area (Å²) in [6, 6.07) is 0. The van der Waals surface area contributed by atoms with Crippen LogP contribution in [0, 0.1) is 11.8 Å². The Morgan fingerprint density at radius 1 is 0.300 bits per heavy atom. The lowest BCUT2D eigenvalue weighted by Gasteiger charge is -2.21. The lowest BCUT2D eigenvalue weighted by molar-refractivity contribution is -0.161. The van der Waals surface area contributed by atoms with Gasteiger partial charge in [-0.1, -0.05) is 311 Å². The number of phosphoric acid groups is 2. The Morgan fingerprint density at radius 2 is 0.511 bits per heavy atom. The van der Waals surface area contributed by atoms with Crippen molar-refractivity contribution in [1.29, 1.82) is 0 Å². The summed E-state index contributed by atoms with van der Waals surface area (Å²) in [5.74, 6) is -0.613. The third kappa shape index (κ3) is 64.8. The molecule has 90 heavy (non-hydrogen) atoms. The van der Waals surface area contributed by atoms with Crippen molar-refractivity contribution < 1.29 is 80.2 Å². The van der Waals surface area contributed by atoms with Gasteiger partial charge in [0.2, 0.25) is 0 Å². The van der Waals surface area contributed by atoms with E-state index in [4.69, 9.17) is 37.0 Å². The number of rotatable bonds is 70. The normalized spacial score (nSPS) is 14.1. The van der Waals surface area contributed by atoms with E-state index in [9.17, 15) is 43.2 Å². The number of esters is 4. The molecule has 0 heterocycles. The van der Waals surface area contributed by atoms with Gasteiger partial charge in [-0.3, -0.25) is 37.3 Å². The van der Waals surface area contributed by atoms with E-state index < -0.39 is 97.5 Å². The molecule has 0 amide bonds. The van der Waals surface area contributed by atoms with Crippen LogP contribution in [-0.2, 0) is 65.4 Å². The van der Waals surface area contributed by atoms with Crippen LogP contribution in [0.1, 0.15) is 363 Å². The van der Waals surface area contributed by atoms with Crippen LogP contribution in [0.5, 0.6) is 0 Å². The van der Waals surface area contributed by atoms with Gasteiger partial charge in [0, 0.05) is 25.7 Å². The van der Waals surface area contributed by atoms with Crippen molar-refractivity contribution in [2.45, 2.75) is 381 Å². The van der Waals surface area contributed by atoms with Crippen molar-refractivity contribution in [3.63, 3.8) is 0 Å². The fourth-order valence-electron chi connectivity index (χ4n) is 10.8. The maximum atomic E-state index is 13.0. The van der Waals surface area contributed by atoms with Crippen molar-refractivity contribution in [3.05, 3.63) is 0 Å². The number of aliphatic hydroxyl groups is 1. The predicted molar refractivity (Wildman–Crippen MR) is 363 cm³/mol. The van der Waals surface area contributed by atoms with Gasteiger partial charge >= 0.3 is 39.5 Å². The van der Waals surface area contributed by atoms with Crippen molar-refractivity contribution in [2.24, 2.45) is 11.8 Å². The molecule has 0 saturated heterocycles. The fourth-order valence-corrected chi connectivity index (χ4v) is 12.3. The van der Waals surface area contributed by atoms with Crippen LogP contribution in [0.15, 0.2) is 0 Å². The summed E-state index contributed by atoms with van der Waals surface area (Å²) in [4.78, 5) is 72.4. The van der Waals surface area contributed by atoms with Gasteiger partial charge in [-0.25, -0.2) is 9.13 Å². The maximum absolute atomic E-state index is 13.0. The van der Waals surface area contributed by atoms with Crippen molar-refractivity contribution in [3.8, 4) is 0 Å². The molecular formula is C71H138O17P2. The Balaban J connectivity index is 5.14. The van der Waals surface area contributed by atoms with E-state index in [1.165, 1.54) is 167 Å². The zero-order chi connectivity index (χ0) is 66.5. The average molecular weight is 1330 g/mol. The van der Waals surface area contributed by atoms with Crippen LogP contribution < -0.4 is 0 Å². The molecule has 0 rings (SSSR count). The van der Waals surface area contributed by atoms with Crippen molar-refractivity contribution in [2.75, 3.05) is 39.6 Å². The Labute approximate surface area is 549 Å². The van der Waals surface area contributed by atoms with Crippen molar-refractivity contribution in [1.82, 2.24) is 0 Å². The molecule has 0 saturated carbocycles. The van der Waals surface area contributed by atoms with E-state index in [1.807, 2.05) is 0 Å². The van der Waals surface area contributed by atoms with Gasteiger partial charge in [-0.2, -0.15) is 0 Å². The van der Waals surface area contributed by atoms with E-state index in [0.717, 1.165) is 109 Å². The number of carbonyl (C=O) groups excluding carboxylic acids is 4. The second kappa shape index (κ2) is 63.1. The summed E-state index contributed by atoms with van der Waals surface area (Å²) in [6.45, 7) is 9.48. The first-order chi connectivity index (χ1) is 43.4. The van der Waals surface area contributed by atoms with Gasteiger partial charge in [0.25, 0.3) is 0 Å². The number of phosphoric ester groups is 2. The standard InChI is InChI=1S/C71H138O17P2/c1-7-9-11-13-15-16-17-27-30-36-42-48-54-69(74)82-60-67(87-70(75)55-49-43-37-31-28-25-23-21-19-18-20-22-24-26-29-34-39-45-51-63(3)4)62-86-90(79,80)84-58-65(72)57-83-89(77,78)85-61-66(59-81-68(73)53-47-41-33-14-12-10-8-2)88-71(76)56-50-44-38-32-35-40-46-52-64(5)6/h63-67,72H,7-62H2,1-6H3,(H,77,78)(H,79,80)/t65-,66+,67+/m0/s1. The largest absolute Gasteiger partial charge is 0.472 e. The van der Waals surface area contributed by atoms with Crippen molar-refractivity contribution >= 4 is 39.5 Å². The topological polar surface area (TPSA) is 237 Å². The maximum Gasteiger partial charge on any atom is 0.472 e. The highest BCUT2D eigenvalue weighted by atomic mass is 31.2. The Hall–Kier alpha value is -1.94. The molecule has 0 aliphatic carbocycles. The molecule has 0 aliphatic rings. The molecule has 0 aromatic heterocycles. The smallest absolute Gasteiger partial charge is 0.462 e. The molecule has 5 atom stereocenters. The first kappa shape index (κ1) is 88.1. The predicted octanol–water partition coefficient (Wildman–Crippen LogP) is 20.4. The second-order valence-corrected chi connectivity index (χ2v) is 29.5. The summed E-state index contributed by atoms with van der Waals surface area (Å²) >= 11 is 0. The lowest BCUT2D eigenvalue weighted by atomic mass is 10.0. The molecule has 3 N–H and O–H groups in total. The molecular weight excluding hydrogens is 1190 g/mol. The number of carbonyl (C=O) groups is 4. The molecule has 19 heteroatoms. The van der Waals surface area contributed by atoms with E-state index in [0.29, 0.717) is 31.6 Å². The molecule has 17 nitrogen and oxygen atoms in total. The number of ether oxygens (including phenoxy) is 4. The number of hydrogen-bond donors (Lipinski definition) is 3. The monoisotopic (exact) mass is 1320 g/mol. The summed E-state index contributed by atoms with van der Waals surface area (Å²) in [5.41, 5.74) is 0. The molecule has 0 aromatic carbocycles. The highest BCUT2D eigenvalue weighted by Gasteiger charge is 2.30. The minimum absolute atomic E-state index is 0.103. The molecule has 0 spiro atoms. The van der Waals surface area contributed by atoms with E-state index in [1.54, 1.807) is 0 Å². The van der Waals surface area contributed by atoms with Gasteiger partial charge < -0.3 is 33.8 Å². The minimum atomic E-state index is -4.95. The second-order valence-electron chi connectivity index (χ2n) is 26.6. The van der Waals surface area contributed by atoms with Crippen LogP contribution in [-0.4, -0.2) is 96.7 Å². The first-order valence-corrected chi connectivity index (χ1v) is 40.0. The highest BCUT2D eigenvalue weighted by molar-refractivity contribution is 7.47. The molecule has 0 aliphatic heterocycles. The minimum Gasteiger partial charge on any atom is -0.462 e. The molecule has 0 bridgehead atoms. The third-order valence-corrected chi connectivity index (χ3v) is 18.4. The zero-order valence-electron chi connectivity index (χ0n) is 58.4. The van der Waals surface area contributed by atoms with Gasteiger partial charge in [-0.05, 0) is 37.5 Å². The molecule has 534 valence electrons. The molecule has 0 aromatic rings. The highest BCUT2D eigenvalue weighted by Crippen LogP contribution is 2.45. The number of aliphatic hydroxyl groups excluding tert-OH is 1. The van der Waals surface area contributed by atoms with Gasteiger partial charge in [0.1, 0.15) is 19.3 Å². The lowest BCUT2D eigenvalue weighted by Crippen LogP contribution is -2.30. The van der Waals surface area contributed by atoms with Crippen LogP contribution >= 0.6 is 15.6 Å². The van der Waals surface area contributed by atoms with Crippen LogP contribution in [0.2, 0.25) is 0 Å². The molecule has 0 fully saturated rings. The van der Waals surface area contributed by atoms with Crippen LogP contribution in [0.4, 0.5) is 0 Å². The summed E-state index contributed by atoms with van der Waals surface area (Å²) in [6.07, 6.45) is 48.9. The zero-order valence-corrected chi connectivity index (χ0v) is 60.2. The number of unbranched alkanes of at least 4 members (excludes halogenated alkanes) is 40.